The molecule has 1 aromatic heterocycles. The summed E-state index contributed by atoms with van der Waals surface area (Å²) in [6, 6.07) is 11.1. The van der Waals surface area contributed by atoms with E-state index in [-0.39, 0.29) is 31.2 Å². The number of hydrogen-bond donors (Lipinski definition) is 1. The number of aromatic nitrogens is 1. The number of carbonyl (C=O) groups excluding carboxylic acids is 2. The Morgan fingerprint density at radius 2 is 1.86 bits per heavy atom. The molecule has 1 saturated heterocycles. The molecule has 4 heterocycles. The average molecular weight is 389 g/mol. The van der Waals surface area contributed by atoms with Gasteiger partial charge in [0.1, 0.15) is 6.04 Å². The summed E-state index contributed by atoms with van der Waals surface area (Å²) >= 11 is 0. The molecule has 0 spiro atoms. The smallest absolute Gasteiger partial charge is 0.245 e. The summed E-state index contributed by atoms with van der Waals surface area (Å²) in [5.41, 5.74) is 3.99. The SMILES string of the molecule is CN1CC(=O)N2C(Cc3cc4c(cc3[C@@H]2c2c[nH]c3ccccc23)OCO4)C1=O. The maximum absolute atomic E-state index is 13.1. The van der Waals surface area contributed by atoms with Gasteiger partial charge in [-0.05, 0) is 29.3 Å². The van der Waals surface area contributed by atoms with E-state index in [4.69, 9.17) is 9.47 Å². The summed E-state index contributed by atoms with van der Waals surface area (Å²) in [4.78, 5) is 32.7. The Morgan fingerprint density at radius 3 is 2.72 bits per heavy atom. The second kappa shape index (κ2) is 5.76. The van der Waals surface area contributed by atoms with Gasteiger partial charge in [0.05, 0.1) is 12.6 Å². The summed E-state index contributed by atoms with van der Waals surface area (Å²) in [7, 11) is 1.69. The Labute approximate surface area is 166 Å². The van der Waals surface area contributed by atoms with Crippen molar-refractivity contribution in [2.24, 2.45) is 0 Å². The molecule has 1 fully saturated rings. The lowest BCUT2D eigenvalue weighted by atomic mass is 9.82. The van der Waals surface area contributed by atoms with Crippen LogP contribution in [0.4, 0.5) is 0 Å². The Morgan fingerprint density at radius 1 is 1.07 bits per heavy atom. The van der Waals surface area contributed by atoms with Crippen molar-refractivity contribution in [1.29, 1.82) is 0 Å². The van der Waals surface area contributed by atoms with Crippen molar-refractivity contribution in [3.8, 4) is 11.5 Å². The van der Waals surface area contributed by atoms with E-state index in [9.17, 15) is 9.59 Å². The highest BCUT2D eigenvalue weighted by atomic mass is 16.7. The first-order valence-corrected chi connectivity index (χ1v) is 9.66. The van der Waals surface area contributed by atoms with Gasteiger partial charge in [-0.3, -0.25) is 9.59 Å². The van der Waals surface area contributed by atoms with E-state index < -0.39 is 6.04 Å². The van der Waals surface area contributed by atoms with Crippen molar-refractivity contribution in [1.82, 2.24) is 14.8 Å². The maximum Gasteiger partial charge on any atom is 0.245 e. The number of nitrogens with zero attached hydrogens (tertiary/aromatic N) is 2. The molecule has 7 heteroatoms. The third-order valence-corrected chi connectivity index (χ3v) is 6.19. The van der Waals surface area contributed by atoms with E-state index in [1.165, 1.54) is 4.90 Å². The van der Waals surface area contributed by atoms with Crippen LogP contribution in [-0.4, -0.2) is 53.0 Å². The van der Waals surface area contributed by atoms with Crippen LogP contribution >= 0.6 is 0 Å². The number of hydrogen-bond acceptors (Lipinski definition) is 4. The fourth-order valence-electron chi connectivity index (χ4n) is 4.85. The van der Waals surface area contributed by atoms with Crippen molar-refractivity contribution < 1.29 is 19.1 Å². The summed E-state index contributed by atoms with van der Waals surface area (Å²) in [6.45, 7) is 0.276. The molecule has 1 N–H and O–H groups in total. The number of para-hydroxylation sites is 1. The number of ether oxygens (including phenoxy) is 2. The van der Waals surface area contributed by atoms with Crippen LogP contribution in [0.15, 0.2) is 42.6 Å². The number of benzene rings is 2. The van der Waals surface area contributed by atoms with Crippen LogP contribution in [-0.2, 0) is 16.0 Å². The molecule has 0 aliphatic carbocycles. The van der Waals surface area contributed by atoms with Gasteiger partial charge in [0.2, 0.25) is 18.6 Å². The van der Waals surface area contributed by atoms with Gasteiger partial charge in [-0.25, -0.2) is 0 Å². The van der Waals surface area contributed by atoms with Gasteiger partial charge in [0, 0.05) is 36.1 Å². The van der Waals surface area contributed by atoms with Crippen molar-refractivity contribution in [3.05, 3.63) is 59.3 Å². The number of piperazine rings is 1. The zero-order valence-electron chi connectivity index (χ0n) is 15.8. The quantitative estimate of drug-likeness (QED) is 0.693. The Kier molecular flexibility index (Phi) is 3.27. The summed E-state index contributed by atoms with van der Waals surface area (Å²) in [6.07, 6.45) is 2.42. The van der Waals surface area contributed by atoms with Gasteiger partial charge in [0.25, 0.3) is 0 Å². The van der Waals surface area contributed by atoms with Crippen LogP contribution in [0.3, 0.4) is 0 Å². The molecule has 0 bridgehead atoms. The molecule has 29 heavy (non-hydrogen) atoms. The summed E-state index contributed by atoms with van der Waals surface area (Å²) in [5, 5.41) is 1.04. The fraction of sp³-hybridized carbons (Fsp3) is 0.273. The number of rotatable bonds is 1. The lowest BCUT2D eigenvalue weighted by Gasteiger charge is -2.47. The number of likely N-dealkylation sites (N-methyl/N-ethyl adjacent to an activating group) is 1. The lowest BCUT2D eigenvalue weighted by Crippen LogP contribution is -2.62. The minimum atomic E-state index is -0.521. The zero-order valence-corrected chi connectivity index (χ0v) is 15.8. The van der Waals surface area contributed by atoms with Crippen LogP contribution in [0, 0.1) is 0 Å². The molecule has 1 unspecified atom stereocenters. The number of amides is 2. The molecular formula is C22H19N3O4. The van der Waals surface area contributed by atoms with Gasteiger partial charge in [0.15, 0.2) is 11.5 Å². The first-order valence-electron chi connectivity index (χ1n) is 9.66. The first-order chi connectivity index (χ1) is 14.1. The van der Waals surface area contributed by atoms with E-state index in [1.54, 1.807) is 11.9 Å². The van der Waals surface area contributed by atoms with Crippen LogP contribution in [0.5, 0.6) is 11.5 Å². The maximum atomic E-state index is 13.1. The van der Waals surface area contributed by atoms with E-state index in [2.05, 4.69) is 4.98 Å². The van der Waals surface area contributed by atoms with Gasteiger partial charge >= 0.3 is 0 Å². The monoisotopic (exact) mass is 389 g/mol. The molecule has 7 nitrogen and oxygen atoms in total. The van der Waals surface area contributed by atoms with Crippen LogP contribution in [0.2, 0.25) is 0 Å². The highest BCUT2D eigenvalue weighted by molar-refractivity contribution is 5.97. The Bertz CT molecular complexity index is 1180. The van der Waals surface area contributed by atoms with Crippen molar-refractivity contribution >= 4 is 22.7 Å². The molecule has 0 saturated carbocycles. The number of nitrogens with one attached hydrogen (secondary N) is 1. The highest BCUT2D eigenvalue weighted by Crippen LogP contribution is 2.46. The standard InChI is InChI=1S/C22H19N3O4/c1-24-10-20(26)25-17(22(24)27)6-12-7-18-19(29-11-28-18)8-14(12)21(25)15-9-23-16-5-3-2-4-13(15)16/h2-5,7-9,17,21,23H,6,10-11H2,1H3/t17?,21-/m1/s1. The second-order valence-corrected chi connectivity index (χ2v) is 7.81. The van der Waals surface area contributed by atoms with Gasteiger partial charge in [-0.1, -0.05) is 18.2 Å². The van der Waals surface area contributed by atoms with E-state index in [1.807, 2.05) is 42.6 Å². The zero-order chi connectivity index (χ0) is 19.7. The van der Waals surface area contributed by atoms with Crippen LogP contribution < -0.4 is 9.47 Å². The second-order valence-electron chi connectivity index (χ2n) is 7.81. The molecule has 2 aromatic carbocycles. The van der Waals surface area contributed by atoms with E-state index in [0.717, 1.165) is 27.6 Å². The normalized spacial score (nSPS) is 22.8. The molecule has 3 aliphatic heterocycles. The molecule has 6 rings (SSSR count). The largest absolute Gasteiger partial charge is 0.454 e. The number of carbonyl (C=O) groups is 2. The third-order valence-electron chi connectivity index (χ3n) is 6.19. The highest BCUT2D eigenvalue weighted by Gasteiger charge is 2.47. The number of aromatic amines is 1. The minimum absolute atomic E-state index is 0.0299. The van der Waals surface area contributed by atoms with Gasteiger partial charge < -0.3 is 24.3 Å². The molecule has 146 valence electrons. The summed E-state index contributed by atoms with van der Waals surface area (Å²) < 4.78 is 11.2. The van der Waals surface area contributed by atoms with Crippen LogP contribution in [0.25, 0.3) is 10.9 Å². The molecule has 3 aliphatic rings. The predicted molar refractivity (Wildman–Crippen MR) is 105 cm³/mol. The van der Waals surface area contributed by atoms with Crippen LogP contribution in [0.1, 0.15) is 22.7 Å². The van der Waals surface area contributed by atoms with Gasteiger partial charge in [-0.15, -0.1) is 0 Å². The van der Waals surface area contributed by atoms with Gasteiger partial charge in [-0.2, -0.15) is 0 Å². The minimum Gasteiger partial charge on any atom is -0.454 e. The number of fused-ring (bicyclic) bond motifs is 4. The topological polar surface area (TPSA) is 74.9 Å². The Hall–Kier alpha value is -3.48. The number of H-pyrrole nitrogens is 1. The average Bonchev–Trinajstić information content (AvgIpc) is 3.35. The molecule has 2 amide bonds. The van der Waals surface area contributed by atoms with Crippen molar-refractivity contribution in [2.45, 2.75) is 18.5 Å². The molecule has 0 radical (unpaired) electrons. The fourth-order valence-corrected chi connectivity index (χ4v) is 4.85. The molecule has 2 atom stereocenters. The van der Waals surface area contributed by atoms with E-state index >= 15 is 0 Å². The predicted octanol–water partition coefficient (Wildman–Crippen LogP) is 2.21. The molecule has 3 aromatic rings. The van der Waals surface area contributed by atoms with Crippen molar-refractivity contribution in [2.75, 3.05) is 20.4 Å². The van der Waals surface area contributed by atoms with E-state index in [0.29, 0.717) is 17.9 Å². The summed E-state index contributed by atoms with van der Waals surface area (Å²) in [5.74, 6) is 1.30. The molecular weight excluding hydrogens is 370 g/mol. The first kappa shape index (κ1) is 16.5. The lowest BCUT2D eigenvalue weighted by molar-refractivity contribution is -0.157. The Balaban J connectivity index is 1.61. The third kappa shape index (κ3) is 2.24. The van der Waals surface area contributed by atoms with Crippen molar-refractivity contribution in [3.63, 3.8) is 0 Å².